The first-order valence-electron chi connectivity index (χ1n) is 5.79. The first-order valence-corrected chi connectivity index (χ1v) is 9.01. The number of nitrogens with two attached hydrogens (primary N) is 1. The third kappa shape index (κ3) is 2.64. The molecule has 3 aromatic rings. The van der Waals surface area contributed by atoms with Crippen LogP contribution in [0.5, 0.6) is 0 Å². The van der Waals surface area contributed by atoms with E-state index in [0.717, 1.165) is 29.1 Å². The minimum absolute atomic E-state index is 0.532. The zero-order valence-electron chi connectivity index (χ0n) is 10.4. The van der Waals surface area contributed by atoms with Gasteiger partial charge in [-0.15, -0.1) is 22.7 Å². The molecule has 0 aliphatic rings. The van der Waals surface area contributed by atoms with Gasteiger partial charge in [-0.05, 0) is 55.6 Å². The second-order valence-corrected chi connectivity index (χ2v) is 8.37. The fourth-order valence-electron chi connectivity index (χ4n) is 1.96. The smallest absolute Gasteiger partial charge is 0.129 e. The number of hydrogen-bond acceptors (Lipinski definition) is 5. The van der Waals surface area contributed by atoms with Crippen molar-refractivity contribution < 1.29 is 0 Å². The maximum Gasteiger partial charge on any atom is 0.129 e. The lowest BCUT2D eigenvalue weighted by atomic mass is 10.1. The van der Waals surface area contributed by atoms with E-state index in [1.807, 2.05) is 18.2 Å². The molecule has 3 rings (SSSR count). The molecule has 3 aromatic heterocycles. The topological polar surface area (TPSA) is 62.7 Å². The second kappa shape index (κ2) is 5.89. The van der Waals surface area contributed by atoms with Crippen LogP contribution in [0, 0.1) is 11.3 Å². The molecule has 0 fully saturated rings. The molecule has 0 aliphatic heterocycles. The van der Waals surface area contributed by atoms with Crippen LogP contribution in [0.25, 0.3) is 20.9 Å². The molecular formula is C14H7Br2N3S2. The average molecular weight is 441 g/mol. The average Bonchev–Trinajstić information content (AvgIpc) is 3.00. The van der Waals surface area contributed by atoms with Crippen molar-refractivity contribution in [3.05, 3.63) is 43.7 Å². The number of anilines is 1. The summed E-state index contributed by atoms with van der Waals surface area (Å²) in [7, 11) is 0. The SMILES string of the molecule is N#Cc1sc(-c2cc(Br)c(Br)s2)c(-c2ccncc2)c1N. The number of nitrogen functional groups attached to an aromatic ring is 1. The van der Waals surface area contributed by atoms with Crippen LogP contribution in [0.1, 0.15) is 4.88 Å². The predicted molar refractivity (Wildman–Crippen MR) is 95.4 cm³/mol. The van der Waals surface area contributed by atoms with Gasteiger partial charge in [0.15, 0.2) is 0 Å². The number of rotatable bonds is 2. The summed E-state index contributed by atoms with van der Waals surface area (Å²) in [4.78, 5) is 6.65. The largest absolute Gasteiger partial charge is 0.396 e. The van der Waals surface area contributed by atoms with Crippen molar-refractivity contribution in [2.75, 3.05) is 5.73 Å². The lowest BCUT2D eigenvalue weighted by Crippen LogP contribution is -1.89. The highest BCUT2D eigenvalue weighted by Gasteiger charge is 2.20. The van der Waals surface area contributed by atoms with Crippen LogP contribution in [-0.4, -0.2) is 4.98 Å². The summed E-state index contributed by atoms with van der Waals surface area (Å²) in [5.74, 6) is 0. The molecule has 2 N–H and O–H groups in total. The van der Waals surface area contributed by atoms with Crippen LogP contribution in [-0.2, 0) is 0 Å². The Balaban J connectivity index is 2.28. The molecule has 0 radical (unpaired) electrons. The predicted octanol–water partition coefficient (Wildman–Crippen LogP) is 5.52. The Morgan fingerprint density at radius 2 is 1.90 bits per heavy atom. The van der Waals surface area contributed by atoms with Crippen molar-refractivity contribution in [2.45, 2.75) is 0 Å². The van der Waals surface area contributed by atoms with E-state index in [9.17, 15) is 5.26 Å². The van der Waals surface area contributed by atoms with Crippen LogP contribution >= 0.6 is 54.5 Å². The number of thiophene rings is 2. The van der Waals surface area contributed by atoms with E-state index in [1.54, 1.807) is 23.7 Å². The highest BCUT2D eigenvalue weighted by Crippen LogP contribution is 2.48. The van der Waals surface area contributed by atoms with Crippen LogP contribution in [0.15, 0.2) is 38.9 Å². The van der Waals surface area contributed by atoms with E-state index in [4.69, 9.17) is 5.73 Å². The molecule has 0 aromatic carbocycles. The Morgan fingerprint density at radius 1 is 1.19 bits per heavy atom. The van der Waals surface area contributed by atoms with Gasteiger partial charge in [0, 0.05) is 27.3 Å². The van der Waals surface area contributed by atoms with E-state index in [-0.39, 0.29) is 0 Å². The number of nitriles is 1. The minimum Gasteiger partial charge on any atom is -0.396 e. The molecule has 0 amide bonds. The molecule has 0 saturated heterocycles. The van der Waals surface area contributed by atoms with Gasteiger partial charge in [0.05, 0.1) is 14.4 Å². The van der Waals surface area contributed by atoms with Gasteiger partial charge in [-0.25, -0.2) is 0 Å². The van der Waals surface area contributed by atoms with Gasteiger partial charge in [-0.1, -0.05) is 0 Å². The number of pyridine rings is 1. The summed E-state index contributed by atoms with van der Waals surface area (Å²) in [6.45, 7) is 0. The summed E-state index contributed by atoms with van der Waals surface area (Å²) in [5.41, 5.74) is 8.58. The van der Waals surface area contributed by atoms with Gasteiger partial charge in [0.25, 0.3) is 0 Å². The minimum atomic E-state index is 0.532. The lowest BCUT2D eigenvalue weighted by molar-refractivity contribution is 1.33. The van der Waals surface area contributed by atoms with Crippen LogP contribution < -0.4 is 5.73 Å². The molecule has 0 aliphatic carbocycles. The first kappa shape index (κ1) is 14.7. The van der Waals surface area contributed by atoms with Crippen molar-refractivity contribution in [1.82, 2.24) is 4.98 Å². The van der Waals surface area contributed by atoms with Crippen molar-refractivity contribution in [2.24, 2.45) is 0 Å². The second-order valence-electron chi connectivity index (χ2n) is 4.13. The fraction of sp³-hybridized carbons (Fsp3) is 0. The molecular weight excluding hydrogens is 434 g/mol. The number of hydrogen-bond donors (Lipinski definition) is 1. The summed E-state index contributed by atoms with van der Waals surface area (Å²) in [6, 6.07) is 8.02. The fourth-order valence-corrected chi connectivity index (χ4v) is 5.15. The van der Waals surface area contributed by atoms with Crippen molar-refractivity contribution in [1.29, 1.82) is 5.26 Å². The van der Waals surface area contributed by atoms with Crippen LogP contribution in [0.3, 0.4) is 0 Å². The number of aromatic nitrogens is 1. The summed E-state index contributed by atoms with van der Waals surface area (Å²) < 4.78 is 2.01. The van der Waals surface area contributed by atoms with E-state index < -0.39 is 0 Å². The van der Waals surface area contributed by atoms with Gasteiger partial charge in [0.1, 0.15) is 10.9 Å². The van der Waals surface area contributed by atoms with E-state index in [1.165, 1.54) is 11.3 Å². The molecule has 21 heavy (non-hydrogen) atoms. The van der Waals surface area contributed by atoms with Crippen molar-refractivity contribution >= 4 is 60.2 Å². The summed E-state index contributed by atoms with van der Waals surface area (Å²) in [6.07, 6.45) is 3.45. The standard InChI is InChI=1S/C14H7Br2N3S2/c15-8-5-9(21-14(8)16)13-11(7-1-3-19-4-2-7)12(18)10(6-17)20-13/h1-5H,18H2. The Hall–Kier alpha value is -1.20. The van der Waals surface area contributed by atoms with Crippen molar-refractivity contribution in [3.8, 4) is 27.0 Å². The highest BCUT2D eigenvalue weighted by atomic mass is 79.9. The van der Waals surface area contributed by atoms with Gasteiger partial charge in [-0.2, -0.15) is 5.26 Å². The molecule has 7 heteroatoms. The molecule has 0 bridgehead atoms. The Morgan fingerprint density at radius 3 is 2.48 bits per heavy atom. The third-order valence-electron chi connectivity index (χ3n) is 2.88. The number of halogens is 2. The van der Waals surface area contributed by atoms with E-state index >= 15 is 0 Å². The van der Waals surface area contributed by atoms with Gasteiger partial charge >= 0.3 is 0 Å². The molecule has 0 saturated carbocycles. The maximum absolute atomic E-state index is 9.26. The van der Waals surface area contributed by atoms with Crippen LogP contribution in [0.2, 0.25) is 0 Å². The Bertz CT molecular complexity index is 828. The van der Waals surface area contributed by atoms with Gasteiger partial charge < -0.3 is 5.73 Å². The monoisotopic (exact) mass is 439 g/mol. The molecule has 3 heterocycles. The zero-order chi connectivity index (χ0) is 15.0. The quantitative estimate of drug-likeness (QED) is 0.570. The molecule has 0 spiro atoms. The van der Waals surface area contributed by atoms with Crippen molar-refractivity contribution in [3.63, 3.8) is 0 Å². The zero-order valence-corrected chi connectivity index (χ0v) is 15.2. The summed E-state index contributed by atoms with van der Waals surface area (Å²) in [5, 5.41) is 9.26. The first-order chi connectivity index (χ1) is 10.1. The van der Waals surface area contributed by atoms with Gasteiger partial charge in [0.2, 0.25) is 0 Å². The Kier molecular flexibility index (Phi) is 4.13. The molecule has 0 atom stereocenters. The molecule has 104 valence electrons. The normalized spacial score (nSPS) is 10.5. The maximum atomic E-state index is 9.26. The summed E-state index contributed by atoms with van der Waals surface area (Å²) >= 11 is 10.0. The van der Waals surface area contributed by atoms with Crippen LogP contribution in [0.4, 0.5) is 5.69 Å². The van der Waals surface area contributed by atoms with E-state index in [0.29, 0.717) is 10.6 Å². The molecule has 3 nitrogen and oxygen atoms in total. The lowest BCUT2D eigenvalue weighted by Gasteiger charge is -2.03. The van der Waals surface area contributed by atoms with Gasteiger partial charge in [-0.3, -0.25) is 4.98 Å². The van der Waals surface area contributed by atoms with E-state index in [2.05, 4.69) is 42.9 Å². The third-order valence-corrected chi connectivity index (χ3v) is 7.43. The number of nitrogens with zero attached hydrogens (tertiary/aromatic N) is 2. The Labute approximate surface area is 146 Å². The highest BCUT2D eigenvalue weighted by molar-refractivity contribution is 9.13. The molecule has 0 unspecified atom stereocenters.